The minimum atomic E-state index is -4.70. The minimum absolute atomic E-state index is 0.0207. The van der Waals surface area contributed by atoms with Crippen molar-refractivity contribution < 1.29 is 37.4 Å². The lowest BCUT2D eigenvalue weighted by Crippen LogP contribution is -2.50. The van der Waals surface area contributed by atoms with E-state index in [-0.39, 0.29) is 43.0 Å². The number of Topliss-reactive ketones (excluding diaryl/α,β-unsaturated/α-hetero) is 1. The van der Waals surface area contributed by atoms with Gasteiger partial charge in [0.2, 0.25) is 0 Å². The number of aromatic nitrogens is 1. The molecule has 0 saturated carbocycles. The molecule has 1 aromatic heterocycles. The van der Waals surface area contributed by atoms with E-state index in [4.69, 9.17) is 9.84 Å². The molecule has 1 fully saturated rings. The number of nitrogens with zero attached hydrogens (tertiary/aromatic N) is 3. The average Bonchev–Trinajstić information content (AvgIpc) is 2.95. The molecule has 1 aliphatic heterocycles. The van der Waals surface area contributed by atoms with Crippen molar-refractivity contribution in [3.8, 4) is 0 Å². The number of aryl methyl sites for hydroxylation is 2. The number of benzene rings is 2. The van der Waals surface area contributed by atoms with E-state index in [0.29, 0.717) is 18.4 Å². The molecule has 2 heterocycles. The molecule has 0 aliphatic carbocycles. The van der Waals surface area contributed by atoms with Crippen molar-refractivity contribution in [2.75, 3.05) is 31.1 Å². The number of piperazine rings is 1. The van der Waals surface area contributed by atoms with Gasteiger partial charge in [0.05, 0.1) is 11.1 Å². The van der Waals surface area contributed by atoms with E-state index in [1.807, 2.05) is 6.07 Å². The van der Waals surface area contributed by atoms with Crippen LogP contribution in [0.1, 0.15) is 63.7 Å². The third kappa shape index (κ3) is 8.33. The monoisotopic (exact) mass is 597 g/mol. The van der Waals surface area contributed by atoms with E-state index in [9.17, 15) is 27.6 Å². The van der Waals surface area contributed by atoms with E-state index in [2.05, 4.69) is 4.98 Å². The molecule has 4 rings (SSSR count). The van der Waals surface area contributed by atoms with Crippen LogP contribution in [0.5, 0.6) is 0 Å². The zero-order valence-corrected chi connectivity index (χ0v) is 24.3. The Morgan fingerprint density at radius 2 is 1.53 bits per heavy atom. The van der Waals surface area contributed by atoms with Gasteiger partial charge in [-0.25, -0.2) is 9.59 Å². The largest absolute Gasteiger partial charge is 0.478 e. The summed E-state index contributed by atoms with van der Waals surface area (Å²) >= 11 is 0. The van der Waals surface area contributed by atoms with Gasteiger partial charge in [-0.15, -0.1) is 0 Å². The van der Waals surface area contributed by atoms with E-state index >= 15 is 0 Å². The molecule has 3 aromatic rings. The zero-order chi connectivity index (χ0) is 31.4. The van der Waals surface area contributed by atoms with Gasteiger partial charge in [-0.2, -0.15) is 13.2 Å². The normalized spacial score (nSPS) is 14.0. The lowest BCUT2D eigenvalue weighted by atomic mass is 9.95. The maximum absolute atomic E-state index is 14.4. The number of carboxylic acid groups (broad SMARTS) is 1. The molecule has 0 bridgehead atoms. The maximum atomic E-state index is 14.4. The molecule has 1 amide bonds. The lowest BCUT2D eigenvalue weighted by Gasteiger charge is -2.38. The molecule has 228 valence electrons. The molecule has 43 heavy (non-hydrogen) atoms. The van der Waals surface area contributed by atoms with Gasteiger partial charge in [-0.05, 0) is 68.5 Å². The number of anilines is 1. The summed E-state index contributed by atoms with van der Waals surface area (Å²) in [5, 5.41) is 9.17. The van der Waals surface area contributed by atoms with Gasteiger partial charge in [0.1, 0.15) is 5.60 Å². The predicted octanol–water partition coefficient (Wildman–Crippen LogP) is 6.07. The highest BCUT2D eigenvalue weighted by atomic mass is 19.4. The van der Waals surface area contributed by atoms with Crippen LogP contribution in [0.25, 0.3) is 0 Å². The first-order valence-corrected chi connectivity index (χ1v) is 13.9. The fourth-order valence-corrected chi connectivity index (χ4v) is 4.99. The molecular formula is C32H34F3N3O5. The molecule has 11 heteroatoms. The third-order valence-corrected chi connectivity index (χ3v) is 7.03. The topological polar surface area (TPSA) is 100 Å². The number of amides is 1. The van der Waals surface area contributed by atoms with Crippen LogP contribution in [0.2, 0.25) is 0 Å². The number of rotatable bonds is 8. The number of ketones is 1. The Hall–Kier alpha value is -4.41. The number of hydrogen-bond donors (Lipinski definition) is 1. The summed E-state index contributed by atoms with van der Waals surface area (Å²) in [5.74, 6) is -1.53. The SMILES string of the molecule is CC(C)(C)OC(=O)N1CCN(c2cccc(CC(=O)c3cccc(CCc4cncc(C(=O)O)c4)c3)c2C(F)(F)F)CC1. The molecule has 0 atom stereocenters. The number of ether oxygens (including phenoxy) is 1. The highest BCUT2D eigenvalue weighted by Crippen LogP contribution is 2.40. The number of carbonyl (C=O) groups is 3. The van der Waals surface area contributed by atoms with Crippen LogP contribution in [-0.2, 0) is 30.2 Å². The van der Waals surface area contributed by atoms with Crippen molar-refractivity contribution >= 4 is 23.5 Å². The van der Waals surface area contributed by atoms with Gasteiger partial charge in [-0.1, -0.05) is 30.3 Å². The summed E-state index contributed by atoms with van der Waals surface area (Å²) in [6.07, 6.45) is -1.83. The van der Waals surface area contributed by atoms with Gasteiger partial charge < -0.3 is 19.6 Å². The van der Waals surface area contributed by atoms with Crippen LogP contribution in [0.3, 0.4) is 0 Å². The maximum Gasteiger partial charge on any atom is 0.418 e. The fourth-order valence-electron chi connectivity index (χ4n) is 4.99. The van der Waals surface area contributed by atoms with Crippen molar-refractivity contribution in [2.45, 2.75) is 51.8 Å². The van der Waals surface area contributed by atoms with Crippen LogP contribution in [0.4, 0.5) is 23.7 Å². The van der Waals surface area contributed by atoms with Gasteiger partial charge in [0.25, 0.3) is 0 Å². The second-order valence-corrected chi connectivity index (χ2v) is 11.5. The van der Waals surface area contributed by atoms with Crippen LogP contribution in [-0.4, -0.2) is 64.6 Å². The van der Waals surface area contributed by atoms with E-state index in [1.165, 1.54) is 35.4 Å². The third-order valence-electron chi connectivity index (χ3n) is 7.03. The quantitative estimate of drug-likeness (QED) is 0.315. The van der Waals surface area contributed by atoms with Gasteiger partial charge >= 0.3 is 18.2 Å². The Morgan fingerprint density at radius 3 is 2.19 bits per heavy atom. The van der Waals surface area contributed by atoms with Crippen LogP contribution in [0, 0.1) is 0 Å². The summed E-state index contributed by atoms with van der Waals surface area (Å²) in [6, 6.07) is 12.5. The van der Waals surface area contributed by atoms with Crippen LogP contribution < -0.4 is 4.90 Å². The first kappa shape index (κ1) is 31.5. The fraction of sp³-hybridized carbons (Fsp3) is 0.375. The number of pyridine rings is 1. The summed E-state index contributed by atoms with van der Waals surface area (Å²) in [7, 11) is 0. The Bertz CT molecular complexity index is 1490. The average molecular weight is 598 g/mol. The lowest BCUT2D eigenvalue weighted by molar-refractivity contribution is -0.137. The zero-order valence-electron chi connectivity index (χ0n) is 24.3. The molecule has 1 aliphatic rings. The number of alkyl halides is 3. The molecule has 2 aromatic carbocycles. The summed E-state index contributed by atoms with van der Waals surface area (Å²) < 4.78 is 48.7. The summed E-state index contributed by atoms with van der Waals surface area (Å²) in [6.45, 7) is 6.04. The number of halogens is 3. The Morgan fingerprint density at radius 1 is 0.884 bits per heavy atom. The van der Waals surface area contributed by atoms with Crippen molar-refractivity contribution in [1.29, 1.82) is 0 Å². The number of hydrogen-bond acceptors (Lipinski definition) is 6. The number of carbonyl (C=O) groups excluding carboxylic acids is 2. The Labute approximate surface area is 248 Å². The summed E-state index contributed by atoms with van der Waals surface area (Å²) in [5.41, 5.74) is 0.210. The van der Waals surface area contributed by atoms with Crippen molar-refractivity contribution in [3.05, 3.63) is 94.3 Å². The molecule has 1 N–H and O–H groups in total. The molecule has 1 saturated heterocycles. The van der Waals surface area contributed by atoms with E-state index in [0.717, 1.165) is 11.1 Å². The van der Waals surface area contributed by atoms with Crippen molar-refractivity contribution in [1.82, 2.24) is 9.88 Å². The second kappa shape index (κ2) is 12.8. The van der Waals surface area contributed by atoms with Crippen LogP contribution >= 0.6 is 0 Å². The predicted molar refractivity (Wildman–Crippen MR) is 155 cm³/mol. The van der Waals surface area contributed by atoms with E-state index < -0.39 is 41.6 Å². The minimum Gasteiger partial charge on any atom is -0.478 e. The molecule has 8 nitrogen and oxygen atoms in total. The first-order valence-electron chi connectivity index (χ1n) is 13.9. The van der Waals surface area contributed by atoms with Crippen LogP contribution in [0.15, 0.2) is 60.9 Å². The number of aromatic carboxylic acids is 1. The highest BCUT2D eigenvalue weighted by Gasteiger charge is 2.39. The van der Waals surface area contributed by atoms with Crippen molar-refractivity contribution in [3.63, 3.8) is 0 Å². The highest BCUT2D eigenvalue weighted by molar-refractivity contribution is 5.98. The molecule has 0 radical (unpaired) electrons. The van der Waals surface area contributed by atoms with Gasteiger partial charge in [0.15, 0.2) is 5.78 Å². The van der Waals surface area contributed by atoms with Crippen molar-refractivity contribution in [2.24, 2.45) is 0 Å². The molecule has 0 unspecified atom stereocenters. The first-order chi connectivity index (χ1) is 20.2. The smallest absolute Gasteiger partial charge is 0.418 e. The Balaban J connectivity index is 1.48. The molecular weight excluding hydrogens is 563 g/mol. The molecule has 0 spiro atoms. The van der Waals surface area contributed by atoms with E-state index in [1.54, 1.807) is 50.1 Å². The number of carboxylic acids is 1. The summed E-state index contributed by atoms with van der Waals surface area (Å²) in [4.78, 5) is 43.9. The van der Waals surface area contributed by atoms with Gasteiger partial charge in [0, 0.05) is 56.2 Å². The standard InChI is InChI=1S/C32H34F3N3O5/c1-31(2,3)43-30(42)38-14-12-37(13-15-38)26-9-5-8-24(28(26)32(33,34)35)18-27(39)23-7-4-6-21(16-23)10-11-22-17-25(29(40)41)20-36-19-22/h4-9,16-17,19-20H,10-15,18H2,1-3H3,(H,40,41). The van der Waals surface area contributed by atoms with Gasteiger partial charge in [-0.3, -0.25) is 9.78 Å². The Kier molecular flexibility index (Phi) is 9.42. The second-order valence-electron chi connectivity index (χ2n) is 11.5.